The summed E-state index contributed by atoms with van der Waals surface area (Å²) in [7, 11) is 1.88. The Morgan fingerprint density at radius 2 is 2.31 bits per heavy atom. The third kappa shape index (κ3) is 3.07. The van der Waals surface area contributed by atoms with Crippen molar-refractivity contribution in [3.63, 3.8) is 0 Å². The number of hydrogen-bond acceptors (Lipinski definition) is 6. The van der Waals surface area contributed by atoms with Gasteiger partial charge in [0.2, 0.25) is 5.95 Å². The lowest BCUT2D eigenvalue weighted by atomic mass is 10.2. The van der Waals surface area contributed by atoms with Crippen molar-refractivity contribution >= 4 is 11.8 Å². The van der Waals surface area contributed by atoms with E-state index in [0.717, 1.165) is 11.5 Å². The van der Waals surface area contributed by atoms with E-state index < -0.39 is 0 Å². The summed E-state index contributed by atoms with van der Waals surface area (Å²) in [4.78, 5) is 10.2. The Balaban J connectivity index is 2.87. The minimum atomic E-state index is -0.0467. The number of nitrogens with two attached hydrogens (primary N) is 1. The summed E-state index contributed by atoms with van der Waals surface area (Å²) in [6, 6.07) is 4.04. The maximum atomic E-state index is 8.74. The van der Waals surface area contributed by atoms with Gasteiger partial charge in [-0.05, 0) is 13.8 Å². The van der Waals surface area contributed by atoms with Gasteiger partial charge in [0.15, 0.2) is 0 Å². The molecule has 0 aliphatic carbocycles. The van der Waals surface area contributed by atoms with Gasteiger partial charge in [0.25, 0.3) is 0 Å². The number of anilines is 2. The number of rotatable bonds is 4. The van der Waals surface area contributed by atoms with E-state index >= 15 is 0 Å². The Labute approximate surface area is 95.1 Å². The molecule has 1 atom stereocenters. The Hall–Kier alpha value is -1.87. The van der Waals surface area contributed by atoms with E-state index in [1.54, 1.807) is 0 Å². The van der Waals surface area contributed by atoms with Crippen molar-refractivity contribution in [1.82, 2.24) is 9.97 Å². The molecule has 1 heterocycles. The van der Waals surface area contributed by atoms with Crippen molar-refractivity contribution in [3.8, 4) is 6.07 Å². The van der Waals surface area contributed by atoms with E-state index in [1.165, 1.54) is 0 Å². The smallest absolute Gasteiger partial charge is 0.239 e. The van der Waals surface area contributed by atoms with Crippen LogP contribution in [0.2, 0.25) is 0 Å². The van der Waals surface area contributed by atoms with Crippen molar-refractivity contribution in [3.05, 3.63) is 11.8 Å². The number of hydrogen-bond donors (Lipinski definition) is 2. The second kappa shape index (κ2) is 5.28. The van der Waals surface area contributed by atoms with Crippen LogP contribution in [0.5, 0.6) is 0 Å². The van der Waals surface area contributed by atoms with Crippen molar-refractivity contribution in [2.75, 3.05) is 23.9 Å². The maximum Gasteiger partial charge on any atom is 0.239 e. The highest BCUT2D eigenvalue weighted by Crippen LogP contribution is 2.14. The second-order valence-corrected chi connectivity index (χ2v) is 3.75. The lowest BCUT2D eigenvalue weighted by Crippen LogP contribution is -2.25. The van der Waals surface area contributed by atoms with E-state index in [1.807, 2.05) is 31.9 Å². The molecule has 1 aromatic rings. The lowest BCUT2D eigenvalue weighted by Gasteiger charge is -2.19. The summed E-state index contributed by atoms with van der Waals surface area (Å²) in [5.74, 6) is 6.36. The van der Waals surface area contributed by atoms with E-state index in [-0.39, 0.29) is 5.92 Å². The van der Waals surface area contributed by atoms with Gasteiger partial charge in [-0.3, -0.25) is 5.43 Å². The Kier molecular flexibility index (Phi) is 4.03. The van der Waals surface area contributed by atoms with Gasteiger partial charge in [-0.1, -0.05) is 0 Å². The van der Waals surface area contributed by atoms with E-state index in [4.69, 9.17) is 11.1 Å². The third-order valence-corrected chi connectivity index (χ3v) is 2.13. The van der Waals surface area contributed by atoms with Gasteiger partial charge in [-0.15, -0.1) is 0 Å². The predicted molar refractivity (Wildman–Crippen MR) is 62.6 cm³/mol. The molecule has 0 amide bonds. The molecule has 1 unspecified atom stereocenters. The standard InChI is InChI=1S/C10H16N6/c1-7(5-11)6-16(3)9-4-8(2)13-10(14-9)15-12/h4,7H,6,12H2,1-3H3,(H,13,14,15). The number of aromatic nitrogens is 2. The van der Waals surface area contributed by atoms with Crippen LogP contribution in [0.25, 0.3) is 0 Å². The first-order valence-corrected chi connectivity index (χ1v) is 5.00. The average molecular weight is 220 g/mol. The zero-order chi connectivity index (χ0) is 12.1. The number of nitrogen functional groups attached to an aromatic ring is 1. The van der Waals surface area contributed by atoms with Gasteiger partial charge in [-0.2, -0.15) is 10.2 Å². The highest BCUT2D eigenvalue weighted by molar-refractivity contribution is 5.43. The first-order chi connectivity index (χ1) is 7.56. The Morgan fingerprint density at radius 1 is 1.62 bits per heavy atom. The van der Waals surface area contributed by atoms with Gasteiger partial charge >= 0.3 is 0 Å². The van der Waals surface area contributed by atoms with Crippen LogP contribution in [-0.2, 0) is 0 Å². The number of nitrogens with zero attached hydrogens (tertiary/aromatic N) is 4. The number of nitrogens with one attached hydrogen (secondary N) is 1. The Morgan fingerprint density at radius 3 is 2.88 bits per heavy atom. The predicted octanol–water partition coefficient (Wildman–Crippen LogP) is 0.667. The quantitative estimate of drug-likeness (QED) is 0.572. The fourth-order valence-electron chi connectivity index (χ4n) is 1.36. The molecule has 1 aromatic heterocycles. The van der Waals surface area contributed by atoms with Crippen LogP contribution in [0.1, 0.15) is 12.6 Å². The Bertz CT molecular complexity index is 397. The van der Waals surface area contributed by atoms with Crippen LogP contribution < -0.4 is 16.2 Å². The molecule has 0 aliphatic rings. The monoisotopic (exact) mass is 220 g/mol. The maximum absolute atomic E-state index is 8.74. The van der Waals surface area contributed by atoms with Crippen LogP contribution >= 0.6 is 0 Å². The zero-order valence-corrected chi connectivity index (χ0v) is 9.73. The summed E-state index contributed by atoms with van der Waals surface area (Å²) in [6.07, 6.45) is 0. The highest BCUT2D eigenvalue weighted by atomic mass is 15.3. The molecule has 86 valence electrons. The molecule has 0 aliphatic heterocycles. The first kappa shape index (κ1) is 12.2. The molecule has 1 rings (SSSR count). The van der Waals surface area contributed by atoms with Gasteiger partial charge in [0, 0.05) is 25.4 Å². The van der Waals surface area contributed by atoms with Crippen molar-refractivity contribution in [2.24, 2.45) is 11.8 Å². The molecule has 6 nitrogen and oxygen atoms in total. The van der Waals surface area contributed by atoms with Crippen molar-refractivity contribution < 1.29 is 0 Å². The summed E-state index contributed by atoms with van der Waals surface area (Å²) < 4.78 is 0. The van der Waals surface area contributed by atoms with Gasteiger partial charge in [0.1, 0.15) is 5.82 Å². The third-order valence-electron chi connectivity index (χ3n) is 2.13. The summed E-state index contributed by atoms with van der Waals surface area (Å²) in [5.41, 5.74) is 3.24. The lowest BCUT2D eigenvalue weighted by molar-refractivity contribution is 0.709. The van der Waals surface area contributed by atoms with Crippen LogP contribution in [0.4, 0.5) is 11.8 Å². The SMILES string of the molecule is Cc1cc(N(C)CC(C)C#N)nc(NN)n1. The molecule has 0 radical (unpaired) electrons. The molecular formula is C10H16N6. The molecule has 0 spiro atoms. The van der Waals surface area contributed by atoms with Crippen LogP contribution in [-0.4, -0.2) is 23.6 Å². The zero-order valence-electron chi connectivity index (χ0n) is 9.73. The summed E-state index contributed by atoms with van der Waals surface area (Å²) >= 11 is 0. The molecule has 0 fully saturated rings. The highest BCUT2D eigenvalue weighted by Gasteiger charge is 2.09. The molecule has 16 heavy (non-hydrogen) atoms. The first-order valence-electron chi connectivity index (χ1n) is 5.00. The summed E-state index contributed by atoms with van der Waals surface area (Å²) in [6.45, 7) is 4.36. The number of nitriles is 1. The number of aryl methyl sites for hydroxylation is 1. The molecule has 0 aromatic carbocycles. The average Bonchev–Trinajstić information content (AvgIpc) is 2.27. The van der Waals surface area contributed by atoms with Crippen LogP contribution in [0.15, 0.2) is 6.07 Å². The summed E-state index contributed by atoms with van der Waals surface area (Å²) in [5, 5.41) is 8.74. The molecular weight excluding hydrogens is 204 g/mol. The molecule has 6 heteroatoms. The van der Waals surface area contributed by atoms with Crippen LogP contribution in [0.3, 0.4) is 0 Å². The van der Waals surface area contributed by atoms with Gasteiger partial charge < -0.3 is 4.90 Å². The molecule has 0 bridgehead atoms. The van der Waals surface area contributed by atoms with Gasteiger partial charge in [-0.25, -0.2) is 10.8 Å². The van der Waals surface area contributed by atoms with Crippen LogP contribution in [0, 0.1) is 24.2 Å². The fraction of sp³-hybridized carbons (Fsp3) is 0.500. The normalized spacial score (nSPS) is 11.7. The largest absolute Gasteiger partial charge is 0.358 e. The van der Waals surface area contributed by atoms with Gasteiger partial charge in [0.05, 0.1) is 12.0 Å². The van der Waals surface area contributed by atoms with Crippen molar-refractivity contribution in [2.45, 2.75) is 13.8 Å². The number of hydrazine groups is 1. The van der Waals surface area contributed by atoms with E-state index in [9.17, 15) is 0 Å². The minimum absolute atomic E-state index is 0.0467. The molecule has 0 saturated carbocycles. The van der Waals surface area contributed by atoms with Crippen molar-refractivity contribution in [1.29, 1.82) is 5.26 Å². The molecule has 3 N–H and O–H groups in total. The fourth-order valence-corrected chi connectivity index (χ4v) is 1.36. The minimum Gasteiger partial charge on any atom is -0.358 e. The topological polar surface area (TPSA) is 90.9 Å². The molecule has 0 saturated heterocycles. The van der Waals surface area contributed by atoms with E-state index in [2.05, 4.69) is 21.5 Å². The van der Waals surface area contributed by atoms with E-state index in [0.29, 0.717) is 12.5 Å². The second-order valence-electron chi connectivity index (χ2n) is 3.75.